The number of hydrogen-bond donors (Lipinski definition) is 2. The summed E-state index contributed by atoms with van der Waals surface area (Å²) in [5, 5.41) is 6.34. The molecule has 0 aromatic rings. The fraction of sp³-hybridized carbons (Fsp3) is 0.889. The zero-order valence-electron chi connectivity index (χ0n) is 22.9. The summed E-state index contributed by atoms with van der Waals surface area (Å²) in [6.45, 7) is 23.0. The molecule has 2 N–H and O–H groups in total. The number of unbranched alkanes of at least 4 members (excludes halogenated alkanes) is 1. The highest BCUT2D eigenvalue weighted by Crippen LogP contribution is 2.31. The second kappa shape index (κ2) is 24.6. The van der Waals surface area contributed by atoms with Crippen LogP contribution in [0.1, 0.15) is 107 Å². The quantitative estimate of drug-likeness (QED) is 0.459. The number of hydrogen-bond acceptors (Lipinski definition) is 3. The highest BCUT2D eigenvalue weighted by atomic mass is 16.5. The van der Waals surface area contributed by atoms with Crippen molar-refractivity contribution >= 4 is 6.03 Å². The van der Waals surface area contributed by atoms with E-state index in [2.05, 4.69) is 38.3 Å². The van der Waals surface area contributed by atoms with Gasteiger partial charge in [0.25, 0.3) is 0 Å². The average Bonchev–Trinajstić information content (AvgIpc) is 2.84. The Balaban J connectivity index is 0. The highest BCUT2D eigenvalue weighted by Gasteiger charge is 2.19. The summed E-state index contributed by atoms with van der Waals surface area (Å²) in [4.78, 5) is 13.9. The summed E-state index contributed by atoms with van der Waals surface area (Å²) >= 11 is 0. The van der Waals surface area contributed by atoms with Gasteiger partial charge in [-0.2, -0.15) is 0 Å². The van der Waals surface area contributed by atoms with Crippen LogP contribution in [-0.2, 0) is 4.74 Å². The maximum absolute atomic E-state index is 12.0. The largest absolute Gasteiger partial charge is 0.381 e. The van der Waals surface area contributed by atoms with Crippen LogP contribution in [0.5, 0.6) is 0 Å². The van der Waals surface area contributed by atoms with Crippen LogP contribution < -0.4 is 10.6 Å². The van der Waals surface area contributed by atoms with Crippen molar-refractivity contribution in [2.24, 2.45) is 5.92 Å². The summed E-state index contributed by atoms with van der Waals surface area (Å²) in [6, 6.07) is 0.0922. The van der Waals surface area contributed by atoms with E-state index in [1.807, 2.05) is 32.6 Å². The van der Waals surface area contributed by atoms with E-state index < -0.39 is 0 Å². The van der Waals surface area contributed by atoms with E-state index in [0.29, 0.717) is 5.92 Å². The number of rotatable bonds is 4. The van der Waals surface area contributed by atoms with Gasteiger partial charge in [0.05, 0.1) is 0 Å². The number of carbonyl (C=O) groups is 1. The molecule has 3 rings (SSSR count). The van der Waals surface area contributed by atoms with Crippen molar-refractivity contribution < 1.29 is 9.53 Å². The van der Waals surface area contributed by atoms with Gasteiger partial charge in [-0.25, -0.2) is 4.79 Å². The third kappa shape index (κ3) is 16.5. The fourth-order valence-corrected chi connectivity index (χ4v) is 3.25. The highest BCUT2D eigenvalue weighted by molar-refractivity contribution is 5.74. The number of urea groups is 1. The molecular weight excluding hydrogens is 398 g/mol. The van der Waals surface area contributed by atoms with Gasteiger partial charge < -0.3 is 20.3 Å². The van der Waals surface area contributed by atoms with Crippen molar-refractivity contribution in [2.45, 2.75) is 107 Å². The minimum atomic E-state index is 0.0922. The molecule has 0 atom stereocenters. The van der Waals surface area contributed by atoms with E-state index in [-0.39, 0.29) is 6.03 Å². The Kier molecular flexibility index (Phi) is 25.4. The number of nitrogens with one attached hydrogen (secondary N) is 2. The first-order chi connectivity index (χ1) is 15.6. The fourth-order valence-electron chi connectivity index (χ4n) is 3.25. The maximum atomic E-state index is 12.0. The first kappa shape index (κ1) is 33.1. The lowest BCUT2D eigenvalue weighted by molar-refractivity contribution is 0.0968. The Hall–Kier alpha value is -1.07. The molecule has 0 unspecified atom stereocenters. The predicted octanol–water partition coefficient (Wildman–Crippen LogP) is 6.78. The lowest BCUT2D eigenvalue weighted by atomic mass is 9.84. The summed E-state index contributed by atoms with van der Waals surface area (Å²) in [7, 11) is 0. The molecular formula is C27H57N3O2. The number of nitrogens with zero attached hydrogens (tertiary/aromatic N) is 1. The summed E-state index contributed by atoms with van der Waals surface area (Å²) in [5.41, 5.74) is 3.02. The number of carbonyl (C=O) groups excluding carboxylic acids is 1. The SMILES string of the molecule is C1CCOCC1.CC.CC.CC(C)C(CNC(=O)N1CCNCC1)=C1CCC1.CCCC. The normalized spacial score (nSPS) is 16.9. The van der Waals surface area contributed by atoms with Gasteiger partial charge in [0.15, 0.2) is 0 Å². The van der Waals surface area contributed by atoms with Gasteiger partial charge in [0.1, 0.15) is 0 Å². The Morgan fingerprint density at radius 1 is 0.938 bits per heavy atom. The van der Waals surface area contributed by atoms with Crippen LogP contribution in [0.2, 0.25) is 0 Å². The van der Waals surface area contributed by atoms with E-state index in [9.17, 15) is 4.79 Å². The van der Waals surface area contributed by atoms with E-state index in [0.717, 1.165) is 45.9 Å². The van der Waals surface area contributed by atoms with Gasteiger partial charge in [0, 0.05) is 45.9 Å². The van der Waals surface area contributed by atoms with Gasteiger partial charge in [-0.15, -0.1) is 0 Å². The van der Waals surface area contributed by atoms with Crippen LogP contribution in [0.3, 0.4) is 0 Å². The van der Waals surface area contributed by atoms with Crippen molar-refractivity contribution in [3.8, 4) is 0 Å². The van der Waals surface area contributed by atoms with Crippen LogP contribution >= 0.6 is 0 Å². The molecule has 5 nitrogen and oxygen atoms in total. The van der Waals surface area contributed by atoms with Crippen LogP contribution in [0.25, 0.3) is 0 Å². The van der Waals surface area contributed by atoms with Crippen LogP contribution in [0.15, 0.2) is 11.1 Å². The topological polar surface area (TPSA) is 53.6 Å². The van der Waals surface area contributed by atoms with Gasteiger partial charge >= 0.3 is 6.03 Å². The Bertz CT molecular complexity index is 421. The smallest absolute Gasteiger partial charge is 0.317 e. The molecule has 192 valence electrons. The molecule has 2 amide bonds. The van der Waals surface area contributed by atoms with Crippen LogP contribution in [-0.4, -0.2) is 56.9 Å². The summed E-state index contributed by atoms with van der Waals surface area (Å²) in [5.74, 6) is 0.545. The van der Waals surface area contributed by atoms with Crippen molar-refractivity contribution in [3.63, 3.8) is 0 Å². The number of amides is 2. The molecule has 2 aliphatic heterocycles. The molecule has 3 aliphatic rings. The van der Waals surface area contributed by atoms with E-state index in [4.69, 9.17) is 4.74 Å². The Labute approximate surface area is 201 Å². The van der Waals surface area contributed by atoms with Crippen molar-refractivity contribution in [1.82, 2.24) is 15.5 Å². The number of piperazine rings is 1. The van der Waals surface area contributed by atoms with Crippen molar-refractivity contribution in [3.05, 3.63) is 11.1 Å². The van der Waals surface area contributed by atoms with Crippen molar-refractivity contribution in [2.75, 3.05) is 45.9 Å². The minimum absolute atomic E-state index is 0.0922. The van der Waals surface area contributed by atoms with E-state index >= 15 is 0 Å². The molecule has 1 aliphatic carbocycles. The van der Waals surface area contributed by atoms with Crippen LogP contribution in [0, 0.1) is 5.92 Å². The van der Waals surface area contributed by atoms with E-state index in [1.165, 1.54) is 56.9 Å². The second-order valence-corrected chi connectivity index (χ2v) is 8.21. The van der Waals surface area contributed by atoms with Crippen molar-refractivity contribution in [1.29, 1.82) is 0 Å². The molecule has 0 aromatic carbocycles. The molecule has 5 heteroatoms. The Morgan fingerprint density at radius 3 is 1.78 bits per heavy atom. The molecule has 0 aromatic heterocycles. The minimum Gasteiger partial charge on any atom is -0.381 e. The van der Waals surface area contributed by atoms with Gasteiger partial charge in [-0.3, -0.25) is 0 Å². The third-order valence-electron chi connectivity index (χ3n) is 5.52. The molecule has 2 saturated heterocycles. The molecule has 0 spiro atoms. The Morgan fingerprint density at radius 2 is 1.47 bits per heavy atom. The maximum Gasteiger partial charge on any atom is 0.317 e. The lowest BCUT2D eigenvalue weighted by Crippen LogP contribution is -2.50. The first-order valence-electron chi connectivity index (χ1n) is 13.6. The third-order valence-corrected chi connectivity index (χ3v) is 5.52. The average molecular weight is 456 g/mol. The molecule has 2 heterocycles. The molecule has 32 heavy (non-hydrogen) atoms. The second-order valence-electron chi connectivity index (χ2n) is 8.21. The zero-order chi connectivity index (χ0) is 24.6. The molecule has 0 radical (unpaired) electrons. The predicted molar refractivity (Wildman–Crippen MR) is 142 cm³/mol. The molecule has 0 bridgehead atoms. The van der Waals surface area contributed by atoms with Gasteiger partial charge in [-0.05, 0) is 50.0 Å². The molecule has 1 saturated carbocycles. The van der Waals surface area contributed by atoms with Crippen LogP contribution in [0.4, 0.5) is 4.79 Å². The molecule has 3 fully saturated rings. The summed E-state index contributed by atoms with van der Waals surface area (Å²) < 4.78 is 5.07. The van der Waals surface area contributed by atoms with E-state index in [1.54, 1.807) is 5.57 Å². The first-order valence-corrected chi connectivity index (χ1v) is 13.6. The van der Waals surface area contributed by atoms with Gasteiger partial charge in [-0.1, -0.05) is 73.8 Å². The number of ether oxygens (including phenoxy) is 1. The standard InChI is InChI=1S/C14H25N3O.C5H10O.C4H10.2C2H6/c1-11(2)13(12-4-3-5-12)10-16-14(18)17-8-6-15-7-9-17;1-2-4-6-5-3-1;1-3-4-2;2*1-2/h11,15H,3-10H2,1-2H3,(H,16,18);1-5H2;3-4H2,1-2H3;2*1-2H3. The lowest BCUT2D eigenvalue weighted by Gasteiger charge is -2.29. The van der Waals surface area contributed by atoms with Gasteiger partial charge in [0.2, 0.25) is 0 Å². The summed E-state index contributed by atoms with van der Waals surface area (Å²) in [6.07, 6.45) is 10.4. The number of allylic oxidation sites excluding steroid dienone is 1. The zero-order valence-corrected chi connectivity index (χ0v) is 22.9. The monoisotopic (exact) mass is 455 g/mol.